The molecule has 3 aliphatic carbocycles. The van der Waals surface area contributed by atoms with Gasteiger partial charge in [-0.1, -0.05) is 37.3 Å². The summed E-state index contributed by atoms with van der Waals surface area (Å²) in [6.45, 7) is 2.34. The average molecular weight is 407 g/mol. The minimum absolute atomic E-state index is 0.0251. The maximum absolute atomic E-state index is 13.9. The zero-order valence-corrected chi connectivity index (χ0v) is 17.0. The SMILES string of the molecule is C[C@]12CC[C@H](C[C@@H]1C(=O)NCc1ccccc1F)[C@]1(C2)NC(=O)c2ccccc2N1. The van der Waals surface area contributed by atoms with E-state index in [4.69, 9.17) is 0 Å². The molecule has 1 heterocycles. The van der Waals surface area contributed by atoms with Crippen molar-refractivity contribution in [2.45, 2.75) is 44.8 Å². The molecule has 3 fully saturated rings. The lowest BCUT2D eigenvalue weighted by atomic mass is 9.51. The van der Waals surface area contributed by atoms with E-state index in [1.54, 1.807) is 18.2 Å². The van der Waals surface area contributed by atoms with Crippen molar-refractivity contribution in [3.63, 3.8) is 0 Å². The van der Waals surface area contributed by atoms with Crippen molar-refractivity contribution in [1.29, 1.82) is 0 Å². The first kappa shape index (κ1) is 19.1. The Balaban J connectivity index is 1.35. The van der Waals surface area contributed by atoms with E-state index in [1.807, 2.05) is 24.3 Å². The van der Waals surface area contributed by atoms with Gasteiger partial charge in [-0.3, -0.25) is 9.59 Å². The molecule has 3 N–H and O–H groups in total. The van der Waals surface area contributed by atoms with Gasteiger partial charge in [-0.15, -0.1) is 0 Å². The number of rotatable bonds is 3. The second-order valence-corrected chi connectivity index (χ2v) is 9.26. The number of nitrogens with one attached hydrogen (secondary N) is 3. The lowest BCUT2D eigenvalue weighted by Gasteiger charge is -2.60. The van der Waals surface area contributed by atoms with Crippen LogP contribution in [0.2, 0.25) is 0 Å². The number of amides is 2. The first-order valence-corrected chi connectivity index (χ1v) is 10.6. The Morgan fingerprint density at radius 3 is 2.73 bits per heavy atom. The zero-order chi connectivity index (χ0) is 20.9. The predicted octanol–water partition coefficient (Wildman–Crippen LogP) is 3.82. The van der Waals surface area contributed by atoms with Crippen LogP contribution >= 0.6 is 0 Å². The van der Waals surface area contributed by atoms with E-state index in [9.17, 15) is 14.0 Å². The first-order valence-electron chi connectivity index (χ1n) is 10.6. The summed E-state index contributed by atoms with van der Waals surface area (Å²) < 4.78 is 13.9. The molecule has 30 heavy (non-hydrogen) atoms. The third-order valence-corrected chi connectivity index (χ3v) is 7.40. The highest BCUT2D eigenvalue weighted by atomic mass is 19.1. The van der Waals surface area contributed by atoms with Gasteiger partial charge >= 0.3 is 0 Å². The topological polar surface area (TPSA) is 70.2 Å². The number of hydrogen-bond donors (Lipinski definition) is 3. The summed E-state index contributed by atoms with van der Waals surface area (Å²) >= 11 is 0. The van der Waals surface area contributed by atoms with E-state index >= 15 is 0 Å². The summed E-state index contributed by atoms with van der Waals surface area (Å²) in [6, 6.07) is 14.1. The molecule has 3 saturated carbocycles. The van der Waals surface area contributed by atoms with Crippen LogP contribution in [0, 0.1) is 23.1 Å². The Morgan fingerprint density at radius 1 is 1.17 bits per heavy atom. The van der Waals surface area contributed by atoms with E-state index < -0.39 is 5.66 Å². The van der Waals surface area contributed by atoms with Crippen molar-refractivity contribution in [3.05, 3.63) is 65.5 Å². The molecule has 0 aromatic heterocycles. The van der Waals surface area contributed by atoms with Crippen LogP contribution in [0.4, 0.5) is 10.1 Å². The smallest absolute Gasteiger partial charge is 0.255 e. The Hall–Kier alpha value is -2.89. The number of anilines is 1. The highest BCUT2D eigenvalue weighted by Crippen LogP contribution is 2.58. The summed E-state index contributed by atoms with van der Waals surface area (Å²) in [6.07, 6.45) is 3.30. The quantitative estimate of drug-likeness (QED) is 0.724. The van der Waals surface area contributed by atoms with E-state index in [1.165, 1.54) is 6.07 Å². The van der Waals surface area contributed by atoms with Crippen molar-refractivity contribution in [1.82, 2.24) is 10.6 Å². The molecule has 6 rings (SSSR count). The van der Waals surface area contributed by atoms with Crippen LogP contribution in [-0.2, 0) is 11.3 Å². The highest BCUT2D eigenvalue weighted by molar-refractivity contribution is 6.02. The molecular formula is C24H26FN3O2. The highest BCUT2D eigenvalue weighted by Gasteiger charge is 2.60. The molecule has 6 heteroatoms. The second kappa shape index (κ2) is 6.83. The molecule has 2 amide bonds. The number of hydrogen-bond acceptors (Lipinski definition) is 3. The van der Waals surface area contributed by atoms with Gasteiger partial charge in [0.2, 0.25) is 5.91 Å². The molecule has 2 aromatic rings. The van der Waals surface area contributed by atoms with Crippen LogP contribution in [0.5, 0.6) is 0 Å². The normalized spacial score (nSPS) is 31.6. The van der Waals surface area contributed by atoms with Crippen molar-refractivity contribution in [2.24, 2.45) is 17.3 Å². The van der Waals surface area contributed by atoms with Crippen molar-refractivity contribution < 1.29 is 14.0 Å². The molecule has 1 spiro atoms. The first-order chi connectivity index (χ1) is 14.4. The minimum Gasteiger partial charge on any atom is -0.362 e. The van der Waals surface area contributed by atoms with E-state index in [0.717, 1.165) is 18.5 Å². The monoisotopic (exact) mass is 407 g/mol. The number of benzene rings is 2. The van der Waals surface area contributed by atoms with Gasteiger partial charge < -0.3 is 16.0 Å². The molecule has 2 aromatic carbocycles. The third-order valence-electron chi connectivity index (χ3n) is 7.40. The fourth-order valence-corrected chi connectivity index (χ4v) is 5.80. The molecule has 0 unspecified atom stereocenters. The molecule has 0 saturated heterocycles. The number of carbonyl (C=O) groups is 2. The standard InChI is InChI=1S/C24H26FN3O2/c1-23-11-10-16(12-18(23)22(30)26-13-15-6-2-4-8-19(15)25)24(14-23)27-20-9-5-3-7-17(20)21(29)28-24/h2-9,16,18,27H,10-14H2,1H3,(H,26,30)(H,28,29)/t16-,18-,23-,24+/m1/s1. The summed E-state index contributed by atoms with van der Waals surface area (Å²) in [7, 11) is 0. The molecule has 4 aliphatic rings. The van der Waals surface area contributed by atoms with Gasteiger partial charge in [0.15, 0.2) is 0 Å². The number of para-hydroxylation sites is 1. The van der Waals surface area contributed by atoms with Crippen LogP contribution in [0.25, 0.3) is 0 Å². The maximum Gasteiger partial charge on any atom is 0.255 e. The molecule has 4 atom stereocenters. The minimum atomic E-state index is -0.513. The maximum atomic E-state index is 13.9. The molecular weight excluding hydrogens is 381 g/mol. The van der Waals surface area contributed by atoms with Crippen LogP contribution < -0.4 is 16.0 Å². The van der Waals surface area contributed by atoms with E-state index in [2.05, 4.69) is 22.9 Å². The van der Waals surface area contributed by atoms with Crippen LogP contribution in [0.1, 0.15) is 48.5 Å². The number of carbonyl (C=O) groups excluding carboxylic acids is 2. The van der Waals surface area contributed by atoms with Crippen molar-refractivity contribution in [3.8, 4) is 0 Å². The van der Waals surface area contributed by atoms with Crippen molar-refractivity contribution in [2.75, 3.05) is 5.32 Å². The second-order valence-electron chi connectivity index (χ2n) is 9.26. The van der Waals surface area contributed by atoms with Gasteiger partial charge in [-0.25, -0.2) is 4.39 Å². The molecule has 0 radical (unpaired) electrons. The van der Waals surface area contributed by atoms with Gasteiger partial charge in [-0.05, 0) is 49.3 Å². The Morgan fingerprint density at radius 2 is 1.93 bits per heavy atom. The van der Waals surface area contributed by atoms with E-state index in [-0.39, 0.29) is 41.4 Å². The largest absolute Gasteiger partial charge is 0.362 e. The van der Waals surface area contributed by atoms with Crippen LogP contribution in [0.3, 0.4) is 0 Å². The number of fused-ring (bicyclic) bond motifs is 3. The predicted molar refractivity (Wildman–Crippen MR) is 112 cm³/mol. The average Bonchev–Trinajstić information content (AvgIpc) is 2.72. The fraction of sp³-hybridized carbons (Fsp3) is 0.417. The molecule has 156 valence electrons. The Bertz CT molecular complexity index is 1030. The Kier molecular flexibility index (Phi) is 4.34. The summed E-state index contributed by atoms with van der Waals surface area (Å²) in [4.78, 5) is 25.9. The molecule has 1 aliphatic heterocycles. The lowest BCUT2D eigenvalue weighted by Crippen LogP contribution is -2.70. The number of halogens is 1. The van der Waals surface area contributed by atoms with Gasteiger partial charge in [0, 0.05) is 29.6 Å². The summed E-state index contributed by atoms with van der Waals surface area (Å²) in [5.74, 6) is -0.366. The van der Waals surface area contributed by atoms with Gasteiger partial charge in [0.1, 0.15) is 11.5 Å². The Labute approximate surface area is 175 Å². The third kappa shape index (κ3) is 2.97. The summed E-state index contributed by atoms with van der Waals surface area (Å²) in [5, 5.41) is 9.80. The lowest BCUT2D eigenvalue weighted by molar-refractivity contribution is -0.139. The van der Waals surface area contributed by atoms with E-state index in [0.29, 0.717) is 24.0 Å². The molecule has 2 bridgehead atoms. The summed E-state index contributed by atoms with van der Waals surface area (Å²) in [5.41, 5.74) is 1.26. The van der Waals surface area contributed by atoms with Gasteiger partial charge in [-0.2, -0.15) is 0 Å². The fourth-order valence-electron chi connectivity index (χ4n) is 5.80. The van der Waals surface area contributed by atoms with Gasteiger partial charge in [0.05, 0.1) is 5.56 Å². The van der Waals surface area contributed by atoms with Crippen LogP contribution in [0.15, 0.2) is 48.5 Å². The van der Waals surface area contributed by atoms with Crippen LogP contribution in [-0.4, -0.2) is 17.5 Å². The molecule has 5 nitrogen and oxygen atoms in total. The van der Waals surface area contributed by atoms with Crippen molar-refractivity contribution >= 4 is 17.5 Å². The van der Waals surface area contributed by atoms with Gasteiger partial charge in [0.25, 0.3) is 5.91 Å². The zero-order valence-electron chi connectivity index (χ0n) is 17.0.